The van der Waals surface area contributed by atoms with Crippen molar-refractivity contribution >= 4 is 23.4 Å². The number of nitrogens with one attached hydrogen (secondary N) is 2. The molecule has 0 aliphatic carbocycles. The molecule has 2 aromatic carbocycles. The van der Waals surface area contributed by atoms with Gasteiger partial charge in [0.05, 0.1) is 11.6 Å². The summed E-state index contributed by atoms with van der Waals surface area (Å²) in [5, 5.41) is 15.4. The molecule has 2 amide bonds. The van der Waals surface area contributed by atoms with Crippen LogP contribution in [-0.2, 0) is 11.3 Å². The van der Waals surface area contributed by atoms with Crippen LogP contribution in [0.3, 0.4) is 0 Å². The molecule has 0 radical (unpaired) electrons. The first-order valence-corrected chi connectivity index (χ1v) is 10.6. The molecule has 0 unspecified atom stereocenters. The Labute approximate surface area is 186 Å². The normalized spacial score (nSPS) is 15.3. The Morgan fingerprint density at radius 3 is 2.62 bits per heavy atom. The lowest BCUT2D eigenvalue weighted by atomic mass is 9.97. The van der Waals surface area contributed by atoms with E-state index in [1.165, 1.54) is 0 Å². The molecule has 2 heterocycles. The van der Waals surface area contributed by atoms with Gasteiger partial charge in [-0.2, -0.15) is 0 Å². The molecular formula is C24H27N3O5. The molecule has 8 heteroatoms. The number of aliphatic carboxylic acids is 1. The van der Waals surface area contributed by atoms with Gasteiger partial charge < -0.3 is 30.1 Å². The lowest BCUT2D eigenvalue weighted by Gasteiger charge is -2.30. The van der Waals surface area contributed by atoms with Crippen LogP contribution in [0.25, 0.3) is 5.70 Å². The van der Waals surface area contributed by atoms with Crippen LogP contribution in [0.5, 0.6) is 11.5 Å². The van der Waals surface area contributed by atoms with Gasteiger partial charge >= 0.3 is 12.0 Å². The zero-order valence-electron chi connectivity index (χ0n) is 18.0. The molecular weight excluding hydrogens is 410 g/mol. The average Bonchev–Trinajstić information content (AvgIpc) is 3.26. The number of carboxylic acids is 1. The van der Waals surface area contributed by atoms with Crippen LogP contribution in [0.4, 0.5) is 10.5 Å². The maximum absolute atomic E-state index is 12.8. The van der Waals surface area contributed by atoms with Gasteiger partial charge in [0.1, 0.15) is 0 Å². The molecule has 4 rings (SSSR count). The second kappa shape index (κ2) is 9.21. The number of carbonyl (C=O) groups excluding carboxylic acids is 1. The molecule has 0 bridgehead atoms. The summed E-state index contributed by atoms with van der Waals surface area (Å²) in [4.78, 5) is 25.6. The van der Waals surface area contributed by atoms with E-state index in [9.17, 15) is 9.59 Å². The van der Waals surface area contributed by atoms with Crippen LogP contribution < -0.4 is 20.1 Å². The third kappa shape index (κ3) is 4.80. The highest BCUT2D eigenvalue weighted by Crippen LogP contribution is 2.32. The van der Waals surface area contributed by atoms with E-state index in [0.717, 1.165) is 28.2 Å². The van der Waals surface area contributed by atoms with E-state index in [2.05, 4.69) is 17.2 Å². The first kappa shape index (κ1) is 21.5. The zero-order chi connectivity index (χ0) is 22.7. The lowest BCUT2D eigenvalue weighted by Crippen LogP contribution is -2.42. The number of likely N-dealkylation sites (tertiary alicyclic amines) is 1. The molecule has 8 nitrogen and oxygen atoms in total. The minimum atomic E-state index is -0.796. The Balaban J connectivity index is 1.40. The van der Waals surface area contributed by atoms with E-state index in [-0.39, 0.29) is 18.7 Å². The van der Waals surface area contributed by atoms with Gasteiger partial charge in [-0.1, -0.05) is 24.3 Å². The first-order chi connectivity index (χ1) is 15.4. The number of aryl methyl sites for hydroxylation is 1. The standard InChI is InChI=1S/C24H27N3O5/c1-15-3-5-20(26-24(30)27-9-7-18(8-10-27)23(28)29)19(11-15)16(2)25-13-17-4-6-21-22(12-17)32-14-31-21/h3-6,11-12,18,25H,2,7-10,13-14H2,1H3,(H,26,30)(H,28,29). The van der Waals surface area contributed by atoms with Crippen LogP contribution in [0.2, 0.25) is 0 Å². The molecule has 1 fully saturated rings. The van der Waals surface area contributed by atoms with Crippen molar-refractivity contribution in [2.24, 2.45) is 5.92 Å². The van der Waals surface area contributed by atoms with Gasteiger partial charge in [0.15, 0.2) is 11.5 Å². The fraction of sp³-hybridized carbons (Fsp3) is 0.333. The topological polar surface area (TPSA) is 100 Å². The van der Waals surface area contributed by atoms with Gasteiger partial charge in [0.25, 0.3) is 0 Å². The SMILES string of the molecule is C=C(NCc1ccc2c(c1)OCO2)c1cc(C)ccc1NC(=O)N1CCC(C(=O)O)CC1. The number of rotatable bonds is 6. The summed E-state index contributed by atoms with van der Waals surface area (Å²) in [6.07, 6.45) is 0.931. The summed E-state index contributed by atoms with van der Waals surface area (Å²) < 4.78 is 10.8. The molecule has 2 aromatic rings. The highest BCUT2D eigenvalue weighted by molar-refractivity contribution is 5.93. The van der Waals surface area contributed by atoms with Crippen LogP contribution in [-0.4, -0.2) is 41.9 Å². The number of piperidine rings is 1. The van der Waals surface area contributed by atoms with Crippen molar-refractivity contribution < 1.29 is 24.2 Å². The number of anilines is 1. The highest BCUT2D eigenvalue weighted by atomic mass is 16.7. The molecule has 168 valence electrons. The van der Waals surface area contributed by atoms with E-state index in [0.29, 0.717) is 43.9 Å². The van der Waals surface area contributed by atoms with Crippen molar-refractivity contribution in [3.05, 3.63) is 59.7 Å². The molecule has 0 saturated carbocycles. The Morgan fingerprint density at radius 2 is 1.88 bits per heavy atom. The van der Waals surface area contributed by atoms with Crippen molar-refractivity contribution in [3.63, 3.8) is 0 Å². The largest absolute Gasteiger partial charge is 0.481 e. The maximum atomic E-state index is 12.8. The second-order valence-corrected chi connectivity index (χ2v) is 8.10. The number of benzene rings is 2. The first-order valence-electron chi connectivity index (χ1n) is 10.6. The monoisotopic (exact) mass is 437 g/mol. The third-order valence-electron chi connectivity index (χ3n) is 5.82. The van der Waals surface area contributed by atoms with Crippen molar-refractivity contribution in [1.82, 2.24) is 10.2 Å². The summed E-state index contributed by atoms with van der Waals surface area (Å²) in [5.41, 5.74) is 4.22. The van der Waals surface area contributed by atoms with Crippen LogP contribution >= 0.6 is 0 Å². The summed E-state index contributed by atoms with van der Waals surface area (Å²) in [5.74, 6) is 0.290. The van der Waals surface area contributed by atoms with Crippen LogP contribution in [0, 0.1) is 12.8 Å². The summed E-state index contributed by atoms with van der Waals surface area (Å²) >= 11 is 0. The van der Waals surface area contributed by atoms with Crippen LogP contribution in [0.15, 0.2) is 43.0 Å². The molecule has 0 aromatic heterocycles. The Bertz CT molecular complexity index is 1040. The van der Waals surface area contributed by atoms with Gasteiger partial charge in [-0.25, -0.2) is 4.79 Å². The third-order valence-corrected chi connectivity index (χ3v) is 5.82. The van der Waals surface area contributed by atoms with Gasteiger partial charge in [-0.3, -0.25) is 4.79 Å². The number of urea groups is 1. The molecule has 0 atom stereocenters. The molecule has 0 spiro atoms. The van der Waals surface area contributed by atoms with E-state index < -0.39 is 5.97 Å². The number of ether oxygens (including phenoxy) is 2. The summed E-state index contributed by atoms with van der Waals surface area (Å²) in [6.45, 7) is 7.77. The zero-order valence-corrected chi connectivity index (χ0v) is 18.0. The van der Waals surface area contributed by atoms with E-state index in [1.807, 2.05) is 43.3 Å². The molecule has 1 saturated heterocycles. The summed E-state index contributed by atoms with van der Waals surface area (Å²) in [7, 11) is 0. The van der Waals surface area contributed by atoms with Crippen molar-refractivity contribution in [2.75, 3.05) is 25.2 Å². The number of amides is 2. The maximum Gasteiger partial charge on any atom is 0.321 e. The predicted molar refractivity (Wildman–Crippen MR) is 121 cm³/mol. The fourth-order valence-corrected chi connectivity index (χ4v) is 3.90. The number of fused-ring (bicyclic) bond motifs is 1. The van der Waals surface area contributed by atoms with E-state index >= 15 is 0 Å². The predicted octanol–water partition coefficient (Wildman–Crippen LogP) is 3.81. The molecule has 2 aliphatic rings. The molecule has 3 N–H and O–H groups in total. The lowest BCUT2D eigenvalue weighted by molar-refractivity contribution is -0.143. The highest BCUT2D eigenvalue weighted by Gasteiger charge is 2.27. The number of carboxylic acid groups (broad SMARTS) is 1. The number of nitrogens with zero attached hydrogens (tertiary/aromatic N) is 1. The number of hydrogen-bond acceptors (Lipinski definition) is 5. The van der Waals surface area contributed by atoms with Crippen molar-refractivity contribution in [1.29, 1.82) is 0 Å². The van der Waals surface area contributed by atoms with Crippen molar-refractivity contribution in [3.8, 4) is 11.5 Å². The smallest absolute Gasteiger partial charge is 0.321 e. The quantitative estimate of drug-likeness (QED) is 0.635. The number of carbonyl (C=O) groups is 2. The Morgan fingerprint density at radius 1 is 1.12 bits per heavy atom. The minimum absolute atomic E-state index is 0.234. The average molecular weight is 437 g/mol. The second-order valence-electron chi connectivity index (χ2n) is 8.10. The minimum Gasteiger partial charge on any atom is -0.481 e. The number of hydrogen-bond donors (Lipinski definition) is 3. The molecule has 32 heavy (non-hydrogen) atoms. The Hall–Kier alpha value is -3.68. The molecule has 2 aliphatic heterocycles. The van der Waals surface area contributed by atoms with Gasteiger partial charge in [0, 0.05) is 30.9 Å². The van der Waals surface area contributed by atoms with E-state index in [1.54, 1.807) is 4.90 Å². The van der Waals surface area contributed by atoms with Gasteiger partial charge in [-0.15, -0.1) is 0 Å². The van der Waals surface area contributed by atoms with E-state index in [4.69, 9.17) is 14.6 Å². The Kier molecular flexibility index (Phi) is 6.20. The van der Waals surface area contributed by atoms with Gasteiger partial charge in [-0.05, 0) is 49.6 Å². The van der Waals surface area contributed by atoms with Gasteiger partial charge in [0.2, 0.25) is 6.79 Å². The summed E-state index contributed by atoms with van der Waals surface area (Å²) in [6, 6.07) is 11.3. The van der Waals surface area contributed by atoms with Crippen LogP contribution in [0.1, 0.15) is 29.5 Å². The van der Waals surface area contributed by atoms with Crippen molar-refractivity contribution in [2.45, 2.75) is 26.3 Å². The fourth-order valence-electron chi connectivity index (χ4n) is 3.90.